The van der Waals surface area contributed by atoms with Gasteiger partial charge in [0.05, 0.1) is 17.8 Å². The minimum Gasteiger partial charge on any atom is -0.497 e. The normalized spacial score (nSPS) is 11.4. The predicted octanol–water partition coefficient (Wildman–Crippen LogP) is 2.84. The van der Waals surface area contributed by atoms with E-state index in [-0.39, 0.29) is 29.7 Å². The molecule has 8 heteroatoms. The fourth-order valence-electron chi connectivity index (χ4n) is 2.36. The SMILES string of the molecule is CN=C(NCCCS(=O)(=O)c1ccccc1)NCc1ccc(OC)cc1.I. The van der Waals surface area contributed by atoms with Gasteiger partial charge in [0.25, 0.3) is 0 Å². The van der Waals surface area contributed by atoms with Crippen LogP contribution in [-0.4, -0.2) is 40.8 Å². The van der Waals surface area contributed by atoms with Crippen molar-refractivity contribution in [2.24, 2.45) is 4.99 Å². The van der Waals surface area contributed by atoms with Crippen molar-refractivity contribution in [2.75, 3.05) is 26.5 Å². The molecule has 0 bridgehead atoms. The minimum absolute atomic E-state index is 0. The van der Waals surface area contributed by atoms with E-state index in [1.807, 2.05) is 24.3 Å². The van der Waals surface area contributed by atoms with E-state index >= 15 is 0 Å². The summed E-state index contributed by atoms with van der Waals surface area (Å²) in [6, 6.07) is 16.3. The number of hydrogen-bond acceptors (Lipinski definition) is 4. The van der Waals surface area contributed by atoms with Gasteiger partial charge in [-0.15, -0.1) is 24.0 Å². The average molecular weight is 503 g/mol. The van der Waals surface area contributed by atoms with Crippen LogP contribution >= 0.6 is 24.0 Å². The third-order valence-corrected chi connectivity index (χ3v) is 5.64. The molecule has 0 heterocycles. The molecule has 2 N–H and O–H groups in total. The van der Waals surface area contributed by atoms with Crippen LogP contribution in [0.2, 0.25) is 0 Å². The van der Waals surface area contributed by atoms with Gasteiger partial charge in [0, 0.05) is 20.1 Å². The Morgan fingerprint density at radius 1 is 1.04 bits per heavy atom. The Morgan fingerprint density at radius 2 is 1.70 bits per heavy atom. The molecule has 27 heavy (non-hydrogen) atoms. The molecule has 0 spiro atoms. The van der Waals surface area contributed by atoms with E-state index in [1.165, 1.54) is 0 Å². The van der Waals surface area contributed by atoms with E-state index < -0.39 is 9.84 Å². The maximum Gasteiger partial charge on any atom is 0.191 e. The number of benzene rings is 2. The molecule has 0 aliphatic carbocycles. The molecule has 0 radical (unpaired) electrons. The predicted molar refractivity (Wildman–Crippen MR) is 120 cm³/mol. The van der Waals surface area contributed by atoms with Crippen molar-refractivity contribution in [1.29, 1.82) is 0 Å². The van der Waals surface area contributed by atoms with Crippen LogP contribution in [-0.2, 0) is 16.4 Å². The van der Waals surface area contributed by atoms with Crippen LogP contribution in [0.5, 0.6) is 5.75 Å². The summed E-state index contributed by atoms with van der Waals surface area (Å²) in [5.41, 5.74) is 1.10. The summed E-state index contributed by atoms with van der Waals surface area (Å²) in [7, 11) is 0.0815. The van der Waals surface area contributed by atoms with Gasteiger partial charge in [-0.1, -0.05) is 30.3 Å². The van der Waals surface area contributed by atoms with Crippen molar-refractivity contribution in [3.8, 4) is 5.75 Å². The largest absolute Gasteiger partial charge is 0.497 e. The zero-order chi connectivity index (χ0) is 18.8. The molecule has 0 aromatic heterocycles. The number of guanidine groups is 1. The van der Waals surface area contributed by atoms with Crippen LogP contribution in [0.25, 0.3) is 0 Å². The molecule has 0 saturated heterocycles. The van der Waals surface area contributed by atoms with Gasteiger partial charge in [-0.3, -0.25) is 4.99 Å². The fraction of sp³-hybridized carbons (Fsp3) is 0.316. The summed E-state index contributed by atoms with van der Waals surface area (Å²) in [6.45, 7) is 1.14. The van der Waals surface area contributed by atoms with Crippen LogP contribution in [0.3, 0.4) is 0 Å². The fourth-order valence-corrected chi connectivity index (χ4v) is 3.70. The first-order chi connectivity index (χ1) is 12.5. The molecule has 0 atom stereocenters. The third kappa shape index (κ3) is 7.76. The lowest BCUT2D eigenvalue weighted by molar-refractivity contribution is 0.414. The first-order valence-electron chi connectivity index (χ1n) is 8.40. The minimum atomic E-state index is -3.24. The molecule has 2 aromatic rings. The second-order valence-corrected chi connectivity index (χ2v) is 7.80. The number of sulfone groups is 1. The molecule has 2 rings (SSSR count). The molecule has 0 aliphatic heterocycles. The lowest BCUT2D eigenvalue weighted by Crippen LogP contribution is -2.37. The zero-order valence-corrected chi connectivity index (χ0v) is 18.7. The topological polar surface area (TPSA) is 79.8 Å². The molecule has 0 amide bonds. The average Bonchev–Trinajstić information content (AvgIpc) is 2.68. The lowest BCUT2D eigenvalue weighted by Gasteiger charge is -2.12. The van der Waals surface area contributed by atoms with Gasteiger partial charge < -0.3 is 15.4 Å². The Balaban J connectivity index is 0.00000364. The van der Waals surface area contributed by atoms with E-state index in [1.54, 1.807) is 44.5 Å². The molecule has 0 unspecified atom stereocenters. The second kappa shape index (κ2) is 11.8. The molecule has 0 fully saturated rings. The zero-order valence-electron chi connectivity index (χ0n) is 15.5. The maximum absolute atomic E-state index is 12.2. The van der Waals surface area contributed by atoms with Gasteiger partial charge >= 0.3 is 0 Å². The van der Waals surface area contributed by atoms with Crippen molar-refractivity contribution in [3.05, 3.63) is 60.2 Å². The van der Waals surface area contributed by atoms with Gasteiger partial charge in [-0.05, 0) is 36.2 Å². The van der Waals surface area contributed by atoms with Crippen molar-refractivity contribution in [1.82, 2.24) is 10.6 Å². The summed E-state index contributed by atoms with van der Waals surface area (Å²) in [6.07, 6.45) is 0.500. The highest BCUT2D eigenvalue weighted by atomic mass is 127. The van der Waals surface area contributed by atoms with Gasteiger partial charge in [0.2, 0.25) is 0 Å². The van der Waals surface area contributed by atoms with Gasteiger partial charge in [0.15, 0.2) is 15.8 Å². The van der Waals surface area contributed by atoms with Crippen LogP contribution in [0.4, 0.5) is 0 Å². The van der Waals surface area contributed by atoms with Crippen LogP contribution in [0.1, 0.15) is 12.0 Å². The third-order valence-electron chi connectivity index (χ3n) is 3.83. The molecule has 6 nitrogen and oxygen atoms in total. The molecule has 2 aromatic carbocycles. The molecule has 0 aliphatic rings. The van der Waals surface area contributed by atoms with Gasteiger partial charge in [-0.2, -0.15) is 0 Å². The number of hydrogen-bond donors (Lipinski definition) is 2. The standard InChI is InChI=1S/C19H25N3O3S.HI/c1-20-19(22-15-16-9-11-17(25-2)12-10-16)21-13-6-14-26(23,24)18-7-4-3-5-8-18;/h3-5,7-12H,6,13-15H2,1-2H3,(H2,20,21,22);1H. The van der Waals surface area contributed by atoms with E-state index in [4.69, 9.17) is 4.74 Å². The highest BCUT2D eigenvalue weighted by Crippen LogP contribution is 2.11. The number of halogens is 1. The van der Waals surface area contributed by atoms with Gasteiger partial charge in [-0.25, -0.2) is 8.42 Å². The van der Waals surface area contributed by atoms with Crippen LogP contribution < -0.4 is 15.4 Å². The second-order valence-electron chi connectivity index (χ2n) is 5.69. The number of nitrogens with one attached hydrogen (secondary N) is 2. The number of nitrogens with zero attached hydrogens (tertiary/aromatic N) is 1. The van der Waals surface area contributed by atoms with Crippen LogP contribution in [0.15, 0.2) is 64.5 Å². The number of aliphatic imine (C=N–C) groups is 1. The molecular weight excluding hydrogens is 477 g/mol. The Morgan fingerprint density at radius 3 is 2.30 bits per heavy atom. The first-order valence-corrected chi connectivity index (χ1v) is 10.1. The monoisotopic (exact) mass is 503 g/mol. The van der Waals surface area contributed by atoms with Crippen molar-refractivity contribution >= 4 is 39.8 Å². The Hall–Kier alpha value is -1.81. The highest BCUT2D eigenvalue weighted by Gasteiger charge is 2.13. The van der Waals surface area contributed by atoms with Gasteiger partial charge in [0.1, 0.15) is 5.75 Å². The van der Waals surface area contributed by atoms with E-state index in [0.29, 0.717) is 30.4 Å². The number of ether oxygens (including phenoxy) is 1. The molecular formula is C19H26IN3O3S. The maximum atomic E-state index is 12.2. The van der Waals surface area contributed by atoms with E-state index in [2.05, 4.69) is 15.6 Å². The molecule has 148 valence electrons. The summed E-state index contributed by atoms with van der Waals surface area (Å²) in [4.78, 5) is 4.51. The van der Waals surface area contributed by atoms with Crippen molar-refractivity contribution < 1.29 is 13.2 Å². The summed E-state index contributed by atoms with van der Waals surface area (Å²) >= 11 is 0. The highest BCUT2D eigenvalue weighted by molar-refractivity contribution is 14.0. The number of rotatable bonds is 8. The summed E-state index contributed by atoms with van der Waals surface area (Å²) in [5.74, 6) is 1.55. The Kier molecular flexibility index (Phi) is 10.2. The summed E-state index contributed by atoms with van der Waals surface area (Å²) in [5, 5.41) is 6.34. The van der Waals surface area contributed by atoms with E-state index in [9.17, 15) is 8.42 Å². The Labute approximate surface area is 178 Å². The number of methoxy groups -OCH3 is 1. The lowest BCUT2D eigenvalue weighted by atomic mass is 10.2. The van der Waals surface area contributed by atoms with Crippen molar-refractivity contribution in [3.63, 3.8) is 0 Å². The Bertz CT molecular complexity index is 810. The molecule has 0 saturated carbocycles. The van der Waals surface area contributed by atoms with Crippen LogP contribution in [0, 0.1) is 0 Å². The van der Waals surface area contributed by atoms with E-state index in [0.717, 1.165) is 11.3 Å². The smallest absolute Gasteiger partial charge is 0.191 e. The van der Waals surface area contributed by atoms with Crippen molar-refractivity contribution in [2.45, 2.75) is 17.9 Å². The summed E-state index contributed by atoms with van der Waals surface area (Å²) < 4.78 is 29.6. The first kappa shape index (κ1) is 23.2. The quantitative estimate of drug-likeness (QED) is 0.251.